The molecule has 3 aromatic carbocycles. The van der Waals surface area contributed by atoms with Gasteiger partial charge in [-0.05, 0) is 36.4 Å². The van der Waals surface area contributed by atoms with Crippen LogP contribution in [0.1, 0.15) is 31.1 Å². The summed E-state index contributed by atoms with van der Waals surface area (Å²) in [6.45, 7) is -1.44. The standard InChI is InChI=1S/C27H24O9/c28-16-21-22(34-25(30)19-12-6-2-7-13-19)23(35-26(31)20-14-8-3-9-15-20)27(32,36-21)17-33-24(29)18-10-4-1-5-11-18/h1-15,21-23,28,32H,16-17H2/t21-,22-,23-,27?/m1/s1. The van der Waals surface area contributed by atoms with Gasteiger partial charge in [0.15, 0.2) is 12.2 Å². The van der Waals surface area contributed by atoms with Gasteiger partial charge in [0.1, 0.15) is 12.7 Å². The number of aliphatic hydroxyl groups excluding tert-OH is 1. The summed E-state index contributed by atoms with van der Waals surface area (Å²) in [6, 6.07) is 24.0. The highest BCUT2D eigenvalue weighted by Gasteiger charge is 2.59. The van der Waals surface area contributed by atoms with E-state index in [1.165, 1.54) is 36.4 Å². The zero-order chi connectivity index (χ0) is 25.5. The number of carbonyl (C=O) groups excluding carboxylic acids is 3. The largest absolute Gasteiger partial charge is 0.456 e. The van der Waals surface area contributed by atoms with Crippen molar-refractivity contribution in [3.8, 4) is 0 Å². The summed E-state index contributed by atoms with van der Waals surface area (Å²) < 4.78 is 21.9. The molecule has 1 aliphatic heterocycles. The zero-order valence-electron chi connectivity index (χ0n) is 19.1. The van der Waals surface area contributed by atoms with Crippen molar-refractivity contribution >= 4 is 17.9 Å². The second-order valence-electron chi connectivity index (χ2n) is 8.05. The van der Waals surface area contributed by atoms with Crippen LogP contribution >= 0.6 is 0 Å². The summed E-state index contributed by atoms with van der Waals surface area (Å²) in [5.41, 5.74) is 0.595. The summed E-state index contributed by atoms with van der Waals surface area (Å²) >= 11 is 0. The molecule has 9 nitrogen and oxygen atoms in total. The van der Waals surface area contributed by atoms with Crippen molar-refractivity contribution in [3.05, 3.63) is 108 Å². The molecular formula is C27H24O9. The van der Waals surface area contributed by atoms with Crippen molar-refractivity contribution in [2.45, 2.75) is 24.1 Å². The van der Waals surface area contributed by atoms with Crippen LogP contribution in [0.5, 0.6) is 0 Å². The van der Waals surface area contributed by atoms with Crippen LogP contribution in [0.15, 0.2) is 91.0 Å². The van der Waals surface area contributed by atoms with Gasteiger partial charge in [-0.1, -0.05) is 54.6 Å². The molecule has 4 atom stereocenters. The summed E-state index contributed by atoms with van der Waals surface area (Å²) in [7, 11) is 0. The van der Waals surface area contributed by atoms with Gasteiger partial charge in [0.05, 0.1) is 23.3 Å². The van der Waals surface area contributed by atoms with Crippen molar-refractivity contribution < 1.29 is 43.5 Å². The van der Waals surface area contributed by atoms with Crippen molar-refractivity contribution in [1.29, 1.82) is 0 Å². The lowest BCUT2D eigenvalue weighted by Gasteiger charge is -2.29. The first-order valence-electron chi connectivity index (χ1n) is 11.2. The molecule has 0 aromatic heterocycles. The predicted molar refractivity (Wildman–Crippen MR) is 125 cm³/mol. The lowest BCUT2D eigenvalue weighted by molar-refractivity contribution is -0.247. The number of hydrogen-bond donors (Lipinski definition) is 2. The highest BCUT2D eigenvalue weighted by Crippen LogP contribution is 2.35. The zero-order valence-corrected chi connectivity index (χ0v) is 19.1. The fourth-order valence-corrected chi connectivity index (χ4v) is 3.75. The van der Waals surface area contributed by atoms with Crippen LogP contribution in [0.3, 0.4) is 0 Å². The summed E-state index contributed by atoms with van der Waals surface area (Å²) in [5.74, 6) is -4.79. The van der Waals surface area contributed by atoms with Gasteiger partial charge in [-0.25, -0.2) is 14.4 Å². The van der Waals surface area contributed by atoms with Crippen LogP contribution in [0.2, 0.25) is 0 Å². The Hall–Kier alpha value is -4.05. The van der Waals surface area contributed by atoms with Gasteiger partial charge in [-0.15, -0.1) is 0 Å². The maximum Gasteiger partial charge on any atom is 0.338 e. The Labute approximate surface area is 206 Å². The molecule has 0 bridgehead atoms. The molecule has 1 unspecified atom stereocenters. The third-order valence-electron chi connectivity index (χ3n) is 5.56. The van der Waals surface area contributed by atoms with Crippen molar-refractivity contribution in [1.82, 2.24) is 0 Å². The van der Waals surface area contributed by atoms with E-state index in [0.717, 1.165) is 0 Å². The van der Waals surface area contributed by atoms with E-state index >= 15 is 0 Å². The van der Waals surface area contributed by atoms with E-state index in [2.05, 4.69) is 0 Å². The lowest BCUT2D eigenvalue weighted by atomic mass is 10.0. The summed E-state index contributed by atoms with van der Waals surface area (Å²) in [6.07, 6.45) is -4.30. The Morgan fingerprint density at radius 1 is 0.722 bits per heavy atom. The van der Waals surface area contributed by atoms with E-state index in [-0.39, 0.29) is 16.7 Å². The molecule has 9 heteroatoms. The van der Waals surface area contributed by atoms with Crippen molar-refractivity contribution in [2.24, 2.45) is 0 Å². The maximum absolute atomic E-state index is 12.8. The Kier molecular flexibility index (Phi) is 7.74. The molecule has 1 fully saturated rings. The van der Waals surface area contributed by atoms with Crippen LogP contribution in [0.25, 0.3) is 0 Å². The van der Waals surface area contributed by atoms with Crippen LogP contribution in [-0.2, 0) is 18.9 Å². The minimum atomic E-state index is -2.41. The van der Waals surface area contributed by atoms with Gasteiger partial charge >= 0.3 is 17.9 Å². The first kappa shape index (κ1) is 25.1. The fraction of sp³-hybridized carbons (Fsp3) is 0.222. The molecule has 3 aromatic rings. The maximum atomic E-state index is 12.8. The average molecular weight is 492 g/mol. The van der Waals surface area contributed by atoms with E-state index in [1.54, 1.807) is 54.6 Å². The topological polar surface area (TPSA) is 129 Å². The predicted octanol–water partition coefficient (Wildman–Crippen LogP) is 2.37. The second kappa shape index (κ2) is 11.1. The molecule has 0 aliphatic carbocycles. The van der Waals surface area contributed by atoms with Crippen molar-refractivity contribution in [3.63, 3.8) is 0 Å². The Bertz CT molecular complexity index is 1180. The van der Waals surface area contributed by atoms with E-state index in [0.29, 0.717) is 0 Å². The molecule has 1 heterocycles. The van der Waals surface area contributed by atoms with Gasteiger partial charge in [-0.2, -0.15) is 0 Å². The average Bonchev–Trinajstić information content (AvgIpc) is 3.19. The van der Waals surface area contributed by atoms with Gasteiger partial charge in [0.2, 0.25) is 5.79 Å². The molecule has 0 amide bonds. The van der Waals surface area contributed by atoms with Gasteiger partial charge in [0.25, 0.3) is 0 Å². The molecule has 4 rings (SSSR count). The number of aliphatic hydroxyl groups is 2. The first-order valence-corrected chi connectivity index (χ1v) is 11.2. The molecule has 186 valence electrons. The molecule has 0 radical (unpaired) electrons. The van der Waals surface area contributed by atoms with Crippen LogP contribution < -0.4 is 0 Å². The molecule has 0 spiro atoms. The number of benzene rings is 3. The normalized spacial score (nSPS) is 23.0. The number of rotatable bonds is 8. The molecule has 1 saturated heterocycles. The third-order valence-corrected chi connectivity index (χ3v) is 5.56. The van der Waals surface area contributed by atoms with Crippen LogP contribution in [0.4, 0.5) is 0 Å². The van der Waals surface area contributed by atoms with Crippen LogP contribution in [-0.4, -0.2) is 65.4 Å². The quantitative estimate of drug-likeness (QED) is 0.360. The molecule has 1 aliphatic rings. The first-order chi connectivity index (χ1) is 17.4. The minimum absolute atomic E-state index is 0.168. The van der Waals surface area contributed by atoms with Gasteiger partial charge in [0, 0.05) is 0 Å². The third kappa shape index (κ3) is 5.60. The SMILES string of the molecule is O=C(OCC1(O)O[C@H](CO)[C@@H](OC(=O)c2ccccc2)[C@H]1OC(=O)c1ccccc1)c1ccccc1. The Morgan fingerprint density at radius 3 is 1.64 bits per heavy atom. The van der Waals surface area contributed by atoms with Gasteiger partial charge in [-0.3, -0.25) is 0 Å². The second-order valence-corrected chi connectivity index (χ2v) is 8.05. The number of ether oxygens (including phenoxy) is 4. The number of carbonyl (C=O) groups is 3. The molecule has 0 saturated carbocycles. The lowest BCUT2D eigenvalue weighted by Crippen LogP contribution is -2.50. The van der Waals surface area contributed by atoms with Crippen LogP contribution in [0, 0.1) is 0 Å². The Balaban J connectivity index is 1.59. The molecule has 2 N–H and O–H groups in total. The number of hydrogen-bond acceptors (Lipinski definition) is 9. The molecular weight excluding hydrogens is 468 g/mol. The van der Waals surface area contributed by atoms with Crippen molar-refractivity contribution in [2.75, 3.05) is 13.2 Å². The Morgan fingerprint density at radius 2 is 1.17 bits per heavy atom. The summed E-state index contributed by atoms with van der Waals surface area (Å²) in [5, 5.41) is 21.2. The number of esters is 3. The van der Waals surface area contributed by atoms with Gasteiger partial charge < -0.3 is 29.2 Å². The highest BCUT2D eigenvalue weighted by atomic mass is 16.7. The van der Waals surface area contributed by atoms with E-state index in [4.69, 9.17) is 18.9 Å². The smallest absolute Gasteiger partial charge is 0.338 e. The fourth-order valence-electron chi connectivity index (χ4n) is 3.75. The molecule has 36 heavy (non-hydrogen) atoms. The van der Waals surface area contributed by atoms with E-state index in [1.807, 2.05) is 0 Å². The summed E-state index contributed by atoms with van der Waals surface area (Å²) in [4.78, 5) is 38.1. The van der Waals surface area contributed by atoms with E-state index < -0.39 is 55.2 Å². The monoisotopic (exact) mass is 492 g/mol. The minimum Gasteiger partial charge on any atom is -0.456 e. The van der Waals surface area contributed by atoms with E-state index in [9.17, 15) is 24.6 Å². The highest BCUT2D eigenvalue weighted by molar-refractivity contribution is 5.91.